The van der Waals surface area contributed by atoms with Gasteiger partial charge in [-0.25, -0.2) is 0 Å². The lowest BCUT2D eigenvalue weighted by Gasteiger charge is -2.10. The highest BCUT2D eigenvalue weighted by Gasteiger charge is 2.13. The molecule has 1 atom stereocenters. The Bertz CT molecular complexity index is 156. The van der Waals surface area contributed by atoms with Crippen LogP contribution in [0.2, 0.25) is 0 Å². The van der Waals surface area contributed by atoms with Crippen LogP contribution < -0.4 is 10.6 Å². The number of nitrogens with one attached hydrogen (secondary N) is 2. The molecule has 0 aromatic heterocycles. The topological polar surface area (TPSA) is 50.4 Å². The molecule has 0 aromatic carbocycles. The molecule has 1 rings (SSSR count). The molecule has 76 valence electrons. The monoisotopic (exact) mass is 186 g/mol. The molecule has 2 N–H and O–H groups in total. The molecular weight excluding hydrogens is 168 g/mol. The van der Waals surface area contributed by atoms with Gasteiger partial charge in [-0.2, -0.15) is 0 Å². The lowest BCUT2D eigenvalue weighted by molar-refractivity contribution is -0.124. The number of carbonyl (C=O) groups excluding carboxylic acids is 1. The minimum absolute atomic E-state index is 0.0273. The van der Waals surface area contributed by atoms with Gasteiger partial charge in [0.25, 0.3) is 0 Å². The van der Waals surface area contributed by atoms with Gasteiger partial charge in [-0.05, 0) is 25.8 Å². The summed E-state index contributed by atoms with van der Waals surface area (Å²) in [6, 6.07) is 0.600. The van der Waals surface area contributed by atoms with Crippen molar-refractivity contribution in [2.45, 2.75) is 25.3 Å². The first kappa shape index (κ1) is 10.5. The average Bonchev–Trinajstić information content (AvgIpc) is 2.57. The van der Waals surface area contributed by atoms with Crippen molar-refractivity contribution in [2.24, 2.45) is 0 Å². The van der Waals surface area contributed by atoms with Crippen LogP contribution in [0.3, 0.4) is 0 Å². The molecule has 1 saturated heterocycles. The molecule has 4 nitrogen and oxygen atoms in total. The fourth-order valence-corrected chi connectivity index (χ4v) is 1.57. The van der Waals surface area contributed by atoms with E-state index in [4.69, 9.17) is 4.74 Å². The Hall–Kier alpha value is -0.610. The van der Waals surface area contributed by atoms with E-state index in [9.17, 15) is 4.79 Å². The van der Waals surface area contributed by atoms with Crippen LogP contribution in [-0.2, 0) is 9.53 Å². The van der Waals surface area contributed by atoms with Gasteiger partial charge in [0.05, 0.1) is 0 Å². The maximum absolute atomic E-state index is 11.0. The van der Waals surface area contributed by atoms with Crippen LogP contribution in [0.5, 0.6) is 0 Å². The van der Waals surface area contributed by atoms with Gasteiger partial charge in [0, 0.05) is 19.7 Å². The van der Waals surface area contributed by atoms with E-state index >= 15 is 0 Å². The fraction of sp³-hybridized carbons (Fsp3) is 0.889. The lowest BCUT2D eigenvalue weighted by atomic mass is 10.1. The van der Waals surface area contributed by atoms with E-state index in [0.29, 0.717) is 6.04 Å². The molecule has 0 radical (unpaired) electrons. The minimum atomic E-state index is -0.0273. The molecule has 1 fully saturated rings. The van der Waals surface area contributed by atoms with Crippen molar-refractivity contribution in [3.8, 4) is 0 Å². The molecule has 1 aliphatic rings. The van der Waals surface area contributed by atoms with Crippen molar-refractivity contribution in [3.05, 3.63) is 0 Å². The van der Waals surface area contributed by atoms with Gasteiger partial charge >= 0.3 is 0 Å². The van der Waals surface area contributed by atoms with Gasteiger partial charge in [-0.3, -0.25) is 4.79 Å². The summed E-state index contributed by atoms with van der Waals surface area (Å²) >= 11 is 0. The quantitative estimate of drug-likeness (QED) is 0.630. The normalized spacial score (nSPS) is 21.8. The Morgan fingerprint density at radius 2 is 2.54 bits per heavy atom. The lowest BCUT2D eigenvalue weighted by Crippen LogP contribution is -2.32. The first-order chi connectivity index (χ1) is 6.33. The molecule has 1 aliphatic heterocycles. The Morgan fingerprint density at radius 1 is 1.69 bits per heavy atom. The zero-order valence-electron chi connectivity index (χ0n) is 8.14. The van der Waals surface area contributed by atoms with Gasteiger partial charge in [-0.1, -0.05) is 0 Å². The summed E-state index contributed by atoms with van der Waals surface area (Å²) in [6.45, 7) is 2.04. The molecule has 0 aliphatic carbocycles. The van der Waals surface area contributed by atoms with E-state index in [1.165, 1.54) is 20.0 Å². The van der Waals surface area contributed by atoms with E-state index in [1.807, 2.05) is 0 Å². The molecule has 1 amide bonds. The minimum Gasteiger partial charge on any atom is -0.375 e. The number of carbonyl (C=O) groups is 1. The van der Waals surface area contributed by atoms with Crippen LogP contribution in [0.25, 0.3) is 0 Å². The van der Waals surface area contributed by atoms with Gasteiger partial charge in [0.15, 0.2) is 0 Å². The average molecular weight is 186 g/mol. The second-order valence-electron chi connectivity index (χ2n) is 3.36. The summed E-state index contributed by atoms with van der Waals surface area (Å²) in [4.78, 5) is 11.0. The fourth-order valence-electron chi connectivity index (χ4n) is 1.57. The van der Waals surface area contributed by atoms with Crippen molar-refractivity contribution in [3.63, 3.8) is 0 Å². The van der Waals surface area contributed by atoms with Crippen molar-refractivity contribution < 1.29 is 9.53 Å². The summed E-state index contributed by atoms with van der Waals surface area (Å²) in [5.74, 6) is -0.0273. The summed E-state index contributed by atoms with van der Waals surface area (Å²) in [6.07, 6.45) is 3.52. The number of ether oxygens (including phenoxy) is 1. The maximum Gasteiger partial charge on any atom is 0.245 e. The predicted octanol–water partition coefficient (Wildman–Crippen LogP) is -0.109. The summed E-state index contributed by atoms with van der Waals surface area (Å²) in [5, 5.41) is 6.19. The zero-order valence-corrected chi connectivity index (χ0v) is 8.14. The third-order valence-corrected chi connectivity index (χ3v) is 2.25. The molecule has 0 spiro atoms. The SMILES string of the molecule is COCC(=O)NCCC1CCCN1. The van der Waals surface area contributed by atoms with Gasteiger partial charge in [0.2, 0.25) is 5.91 Å². The Kier molecular flexibility index (Phi) is 4.78. The Balaban J connectivity index is 1.96. The van der Waals surface area contributed by atoms with E-state index < -0.39 is 0 Å². The first-order valence-corrected chi connectivity index (χ1v) is 4.82. The molecule has 1 heterocycles. The van der Waals surface area contributed by atoms with Gasteiger partial charge in [0.1, 0.15) is 6.61 Å². The van der Waals surface area contributed by atoms with Crippen LogP contribution >= 0.6 is 0 Å². The van der Waals surface area contributed by atoms with E-state index in [1.54, 1.807) is 0 Å². The summed E-state index contributed by atoms with van der Waals surface area (Å²) in [7, 11) is 1.53. The smallest absolute Gasteiger partial charge is 0.245 e. The van der Waals surface area contributed by atoms with Crippen LogP contribution in [0.4, 0.5) is 0 Å². The van der Waals surface area contributed by atoms with Crippen molar-refractivity contribution in [1.29, 1.82) is 0 Å². The standard InChI is InChI=1S/C9H18N2O2/c1-13-7-9(12)11-6-4-8-3-2-5-10-8/h8,10H,2-7H2,1H3,(H,11,12). The van der Waals surface area contributed by atoms with Crippen LogP contribution in [0.1, 0.15) is 19.3 Å². The maximum atomic E-state index is 11.0. The number of hydrogen-bond acceptors (Lipinski definition) is 3. The molecule has 13 heavy (non-hydrogen) atoms. The van der Waals surface area contributed by atoms with E-state index in [-0.39, 0.29) is 12.5 Å². The molecular formula is C9H18N2O2. The zero-order chi connectivity index (χ0) is 9.52. The number of hydrogen-bond donors (Lipinski definition) is 2. The first-order valence-electron chi connectivity index (χ1n) is 4.82. The third-order valence-electron chi connectivity index (χ3n) is 2.25. The molecule has 1 unspecified atom stereocenters. The van der Waals surface area contributed by atoms with Gasteiger partial charge in [-0.15, -0.1) is 0 Å². The van der Waals surface area contributed by atoms with Crippen LogP contribution in [0.15, 0.2) is 0 Å². The predicted molar refractivity (Wildman–Crippen MR) is 50.5 cm³/mol. The highest BCUT2D eigenvalue weighted by molar-refractivity contribution is 5.77. The third kappa shape index (κ3) is 4.24. The molecule has 0 saturated carbocycles. The van der Waals surface area contributed by atoms with Crippen molar-refractivity contribution in [1.82, 2.24) is 10.6 Å². The van der Waals surface area contributed by atoms with Crippen LogP contribution in [0, 0.1) is 0 Å². The largest absolute Gasteiger partial charge is 0.375 e. The van der Waals surface area contributed by atoms with Crippen LogP contribution in [-0.4, -0.2) is 38.8 Å². The van der Waals surface area contributed by atoms with E-state index in [0.717, 1.165) is 19.5 Å². The number of rotatable bonds is 5. The number of methoxy groups -OCH3 is 1. The van der Waals surface area contributed by atoms with E-state index in [2.05, 4.69) is 10.6 Å². The molecule has 0 bridgehead atoms. The second-order valence-corrected chi connectivity index (χ2v) is 3.36. The Labute approximate surface area is 79.0 Å². The summed E-state index contributed by atoms with van der Waals surface area (Å²) < 4.78 is 4.70. The highest BCUT2D eigenvalue weighted by atomic mass is 16.5. The molecule has 0 aromatic rings. The van der Waals surface area contributed by atoms with Crippen molar-refractivity contribution >= 4 is 5.91 Å². The Morgan fingerprint density at radius 3 is 3.15 bits per heavy atom. The second kappa shape index (κ2) is 5.94. The van der Waals surface area contributed by atoms with Gasteiger partial charge < -0.3 is 15.4 Å². The van der Waals surface area contributed by atoms with Crippen molar-refractivity contribution in [2.75, 3.05) is 26.8 Å². The number of amides is 1. The summed E-state index contributed by atoms with van der Waals surface area (Å²) in [5.41, 5.74) is 0. The molecule has 4 heteroatoms. The highest BCUT2D eigenvalue weighted by Crippen LogP contribution is 2.07.